The van der Waals surface area contributed by atoms with E-state index in [2.05, 4.69) is 9.97 Å². The maximum absolute atomic E-state index is 11.1. The van der Waals surface area contributed by atoms with Gasteiger partial charge in [-0.15, -0.1) is 0 Å². The summed E-state index contributed by atoms with van der Waals surface area (Å²) in [5.74, 6) is 0.308. The van der Waals surface area contributed by atoms with Crippen LogP contribution in [0, 0.1) is 0 Å². The summed E-state index contributed by atoms with van der Waals surface area (Å²) in [6.45, 7) is 3.35. The molecule has 0 N–H and O–H groups in total. The predicted molar refractivity (Wildman–Crippen MR) is 65.0 cm³/mol. The molecule has 7 heteroatoms. The van der Waals surface area contributed by atoms with Gasteiger partial charge in [-0.3, -0.25) is 4.79 Å². The molecule has 0 radical (unpaired) electrons. The molecule has 1 aliphatic rings. The molecule has 0 spiro atoms. The smallest absolute Gasteiger partial charge is 0.323 e. The molecule has 1 aromatic heterocycles. The third kappa shape index (κ3) is 3.11. The standard InChI is InChI=1S/C12H16N2O5/c1-3-18-12-13-10(16-2)9(6-15)11(14-12)19-8-4-5-17-7-8/h6,8H,3-5,7H2,1-2H3/t8-/m0/s1. The molecule has 1 saturated heterocycles. The van der Waals surface area contributed by atoms with Gasteiger partial charge in [0.05, 0.1) is 26.9 Å². The number of carbonyl (C=O) groups is 1. The number of hydrogen-bond acceptors (Lipinski definition) is 7. The van der Waals surface area contributed by atoms with Crippen LogP contribution in [-0.4, -0.2) is 49.3 Å². The second kappa shape index (κ2) is 6.33. The Bertz CT molecular complexity index is 446. The zero-order chi connectivity index (χ0) is 13.7. The maximum atomic E-state index is 11.1. The minimum atomic E-state index is -0.118. The van der Waals surface area contributed by atoms with E-state index in [4.69, 9.17) is 18.9 Å². The van der Waals surface area contributed by atoms with Gasteiger partial charge in [0.15, 0.2) is 6.29 Å². The SMILES string of the molecule is CCOc1nc(OC)c(C=O)c(O[C@H]2CCOC2)n1. The van der Waals surface area contributed by atoms with E-state index < -0.39 is 0 Å². The number of aromatic nitrogens is 2. The summed E-state index contributed by atoms with van der Waals surface area (Å²) >= 11 is 0. The molecule has 2 heterocycles. The zero-order valence-corrected chi connectivity index (χ0v) is 10.9. The lowest BCUT2D eigenvalue weighted by atomic mass is 10.3. The van der Waals surface area contributed by atoms with Gasteiger partial charge in [0, 0.05) is 6.42 Å². The first-order valence-corrected chi connectivity index (χ1v) is 6.06. The van der Waals surface area contributed by atoms with Crippen LogP contribution in [0.2, 0.25) is 0 Å². The quantitative estimate of drug-likeness (QED) is 0.708. The van der Waals surface area contributed by atoms with Crippen molar-refractivity contribution in [2.45, 2.75) is 19.4 Å². The number of hydrogen-bond donors (Lipinski definition) is 0. The molecule has 2 rings (SSSR count). The molecule has 19 heavy (non-hydrogen) atoms. The van der Waals surface area contributed by atoms with Crippen molar-refractivity contribution in [1.29, 1.82) is 0 Å². The van der Waals surface area contributed by atoms with Crippen molar-refractivity contribution in [3.05, 3.63) is 5.56 Å². The van der Waals surface area contributed by atoms with Crippen LogP contribution >= 0.6 is 0 Å². The minimum absolute atomic E-state index is 0.118. The first-order chi connectivity index (χ1) is 9.28. The van der Waals surface area contributed by atoms with Crippen LogP contribution in [-0.2, 0) is 4.74 Å². The topological polar surface area (TPSA) is 79.8 Å². The highest BCUT2D eigenvalue weighted by Gasteiger charge is 2.23. The van der Waals surface area contributed by atoms with Gasteiger partial charge in [-0.2, -0.15) is 9.97 Å². The average molecular weight is 268 g/mol. The Hall–Kier alpha value is -1.89. The summed E-state index contributed by atoms with van der Waals surface area (Å²) in [5, 5.41) is 0. The lowest BCUT2D eigenvalue weighted by molar-refractivity contribution is 0.110. The molecule has 1 aliphatic heterocycles. The Morgan fingerprint density at radius 2 is 2.21 bits per heavy atom. The molecule has 1 fully saturated rings. The summed E-state index contributed by atoms with van der Waals surface area (Å²) in [6, 6.07) is 0.124. The predicted octanol–water partition coefficient (Wildman–Crippen LogP) is 0.864. The fourth-order valence-electron chi connectivity index (χ4n) is 1.71. The van der Waals surface area contributed by atoms with E-state index in [9.17, 15) is 4.79 Å². The molecular weight excluding hydrogens is 252 g/mol. The molecule has 0 unspecified atom stereocenters. The third-order valence-corrected chi connectivity index (χ3v) is 2.61. The van der Waals surface area contributed by atoms with Crippen molar-refractivity contribution in [3.8, 4) is 17.8 Å². The van der Waals surface area contributed by atoms with Crippen molar-refractivity contribution < 1.29 is 23.7 Å². The van der Waals surface area contributed by atoms with Crippen LogP contribution in [0.25, 0.3) is 0 Å². The van der Waals surface area contributed by atoms with Crippen molar-refractivity contribution in [1.82, 2.24) is 9.97 Å². The Labute approximate surface area is 110 Å². The van der Waals surface area contributed by atoms with Crippen LogP contribution in [0.15, 0.2) is 0 Å². The van der Waals surface area contributed by atoms with E-state index in [0.29, 0.717) is 26.1 Å². The largest absolute Gasteiger partial charge is 0.480 e. The van der Waals surface area contributed by atoms with Crippen LogP contribution in [0.5, 0.6) is 17.8 Å². The van der Waals surface area contributed by atoms with E-state index in [1.165, 1.54) is 7.11 Å². The van der Waals surface area contributed by atoms with Crippen molar-refractivity contribution in [3.63, 3.8) is 0 Å². The summed E-state index contributed by atoms with van der Waals surface area (Å²) in [6.07, 6.45) is 1.25. The highest BCUT2D eigenvalue weighted by molar-refractivity contribution is 5.81. The molecule has 7 nitrogen and oxygen atoms in total. The molecule has 0 saturated carbocycles. The summed E-state index contributed by atoms with van der Waals surface area (Å²) in [5.41, 5.74) is 0.179. The van der Waals surface area contributed by atoms with Gasteiger partial charge in [0.25, 0.3) is 0 Å². The normalized spacial score (nSPS) is 18.1. The van der Waals surface area contributed by atoms with E-state index in [-0.39, 0.29) is 29.4 Å². The Kier molecular flexibility index (Phi) is 4.51. The molecule has 1 atom stereocenters. The lowest BCUT2D eigenvalue weighted by Crippen LogP contribution is -2.18. The maximum Gasteiger partial charge on any atom is 0.323 e. The first kappa shape index (κ1) is 13.5. The molecule has 1 aromatic rings. The van der Waals surface area contributed by atoms with E-state index in [0.717, 1.165) is 6.42 Å². The molecule has 0 aromatic carbocycles. The molecular formula is C12H16N2O5. The molecule has 0 aliphatic carbocycles. The molecule has 0 bridgehead atoms. The highest BCUT2D eigenvalue weighted by Crippen LogP contribution is 2.27. The lowest BCUT2D eigenvalue weighted by Gasteiger charge is -2.14. The first-order valence-electron chi connectivity index (χ1n) is 6.06. The van der Waals surface area contributed by atoms with Crippen LogP contribution < -0.4 is 14.2 Å². The summed E-state index contributed by atoms with van der Waals surface area (Å²) in [7, 11) is 1.42. The fraction of sp³-hybridized carbons (Fsp3) is 0.583. The van der Waals surface area contributed by atoms with Gasteiger partial charge in [-0.25, -0.2) is 0 Å². The number of nitrogens with zero attached hydrogens (tertiary/aromatic N) is 2. The second-order valence-corrected chi connectivity index (χ2v) is 3.89. The number of methoxy groups -OCH3 is 1. The Morgan fingerprint density at radius 1 is 1.42 bits per heavy atom. The molecule has 0 amide bonds. The van der Waals surface area contributed by atoms with E-state index in [1.54, 1.807) is 0 Å². The van der Waals surface area contributed by atoms with Crippen molar-refractivity contribution >= 4 is 6.29 Å². The minimum Gasteiger partial charge on any atom is -0.480 e. The van der Waals surface area contributed by atoms with Crippen LogP contribution in [0.4, 0.5) is 0 Å². The Balaban J connectivity index is 2.30. The van der Waals surface area contributed by atoms with Crippen LogP contribution in [0.3, 0.4) is 0 Å². The van der Waals surface area contributed by atoms with E-state index in [1.807, 2.05) is 6.92 Å². The average Bonchev–Trinajstić information content (AvgIpc) is 2.91. The van der Waals surface area contributed by atoms with Crippen molar-refractivity contribution in [2.75, 3.05) is 26.9 Å². The zero-order valence-electron chi connectivity index (χ0n) is 10.9. The van der Waals surface area contributed by atoms with Gasteiger partial charge in [-0.05, 0) is 6.92 Å². The van der Waals surface area contributed by atoms with E-state index >= 15 is 0 Å². The van der Waals surface area contributed by atoms with Crippen LogP contribution in [0.1, 0.15) is 23.7 Å². The van der Waals surface area contributed by atoms with Gasteiger partial charge < -0.3 is 18.9 Å². The van der Waals surface area contributed by atoms with Gasteiger partial charge in [0.2, 0.25) is 11.8 Å². The molecule has 104 valence electrons. The monoisotopic (exact) mass is 268 g/mol. The number of ether oxygens (including phenoxy) is 4. The van der Waals surface area contributed by atoms with Crippen molar-refractivity contribution in [2.24, 2.45) is 0 Å². The summed E-state index contributed by atoms with van der Waals surface area (Å²) < 4.78 is 21.2. The van der Waals surface area contributed by atoms with Gasteiger partial charge >= 0.3 is 6.01 Å². The fourth-order valence-corrected chi connectivity index (χ4v) is 1.71. The second-order valence-electron chi connectivity index (χ2n) is 3.89. The van der Waals surface area contributed by atoms with Gasteiger partial charge in [0.1, 0.15) is 11.7 Å². The third-order valence-electron chi connectivity index (χ3n) is 2.61. The van der Waals surface area contributed by atoms with Gasteiger partial charge in [-0.1, -0.05) is 0 Å². The summed E-state index contributed by atoms with van der Waals surface area (Å²) in [4.78, 5) is 19.2. The highest BCUT2D eigenvalue weighted by atomic mass is 16.6. The number of carbonyl (C=O) groups excluding carboxylic acids is 1. The number of aldehydes is 1. The number of rotatable bonds is 6. The Morgan fingerprint density at radius 3 is 2.79 bits per heavy atom.